The first-order valence-corrected chi connectivity index (χ1v) is 4.19. The van der Waals surface area contributed by atoms with Gasteiger partial charge in [-0.2, -0.15) is 0 Å². The van der Waals surface area contributed by atoms with E-state index in [9.17, 15) is 4.79 Å². The molecule has 1 heterocycles. The van der Waals surface area contributed by atoms with Crippen molar-refractivity contribution < 1.29 is 9.53 Å². The molecule has 0 N–H and O–H groups in total. The lowest BCUT2D eigenvalue weighted by molar-refractivity contribution is -0.136. The maximum absolute atomic E-state index is 10.8. The maximum Gasteiger partial charge on any atom is 0.384 e. The van der Waals surface area contributed by atoms with Crippen molar-refractivity contribution in [2.24, 2.45) is 0 Å². The van der Waals surface area contributed by atoms with Crippen LogP contribution >= 0.6 is 0 Å². The lowest BCUT2D eigenvalue weighted by atomic mass is 10.3. The Morgan fingerprint density at radius 1 is 1.50 bits per heavy atom. The Morgan fingerprint density at radius 2 is 2.14 bits per heavy atom. The topological polar surface area (TPSA) is 52.1 Å². The molecule has 0 aliphatic carbocycles. The quantitative estimate of drug-likeness (QED) is 0.483. The van der Waals surface area contributed by atoms with Crippen LogP contribution in [-0.2, 0) is 9.53 Å². The summed E-state index contributed by atoms with van der Waals surface area (Å²) >= 11 is 0. The predicted molar refractivity (Wildman–Crippen MR) is 50.3 cm³/mol. The molecule has 0 saturated heterocycles. The molecule has 0 radical (unpaired) electrons. The molecular weight excluding hydrogens is 180 g/mol. The highest BCUT2D eigenvalue weighted by Gasteiger charge is 1.93. The number of carbonyl (C=O) groups excluding carboxylic acids is 1. The van der Waals surface area contributed by atoms with Gasteiger partial charge in [0.1, 0.15) is 5.82 Å². The van der Waals surface area contributed by atoms with Crippen LogP contribution in [0.5, 0.6) is 0 Å². The molecule has 14 heavy (non-hydrogen) atoms. The molecule has 4 nitrogen and oxygen atoms in total. The molecule has 72 valence electrons. The van der Waals surface area contributed by atoms with Crippen molar-refractivity contribution in [2.75, 3.05) is 6.61 Å². The van der Waals surface area contributed by atoms with Crippen LogP contribution in [0.25, 0.3) is 0 Å². The Balaban J connectivity index is 2.68. The highest BCUT2D eigenvalue weighted by Crippen LogP contribution is 1.91. The van der Waals surface area contributed by atoms with Gasteiger partial charge >= 0.3 is 5.97 Å². The zero-order chi connectivity index (χ0) is 10.4. The van der Waals surface area contributed by atoms with Gasteiger partial charge in [-0.05, 0) is 13.8 Å². The van der Waals surface area contributed by atoms with Crippen LogP contribution in [0.4, 0.5) is 0 Å². The van der Waals surface area contributed by atoms with Gasteiger partial charge in [-0.3, -0.25) is 0 Å². The van der Waals surface area contributed by atoms with Gasteiger partial charge in [-0.1, -0.05) is 5.92 Å². The fourth-order valence-corrected chi connectivity index (χ4v) is 0.748. The van der Waals surface area contributed by atoms with Crippen LogP contribution in [0, 0.1) is 18.8 Å². The molecule has 1 aromatic rings. The van der Waals surface area contributed by atoms with E-state index < -0.39 is 5.97 Å². The Bertz CT molecular complexity index is 373. The largest absolute Gasteiger partial charge is 0.456 e. The number of ether oxygens (including phenoxy) is 1. The summed E-state index contributed by atoms with van der Waals surface area (Å²) in [6.45, 7) is 3.84. The zero-order valence-electron chi connectivity index (χ0n) is 8.07. The van der Waals surface area contributed by atoms with Gasteiger partial charge in [0.15, 0.2) is 0 Å². The van der Waals surface area contributed by atoms with Crippen LogP contribution in [0.1, 0.15) is 18.3 Å². The van der Waals surface area contributed by atoms with Crippen molar-refractivity contribution >= 4 is 5.97 Å². The number of hydrogen-bond donors (Lipinski definition) is 0. The van der Waals surface area contributed by atoms with E-state index in [0.29, 0.717) is 18.0 Å². The van der Waals surface area contributed by atoms with Crippen molar-refractivity contribution in [2.45, 2.75) is 13.8 Å². The first kappa shape index (κ1) is 10.2. The molecule has 4 heteroatoms. The summed E-state index contributed by atoms with van der Waals surface area (Å²) < 4.78 is 4.63. The normalized spacial score (nSPS) is 8.71. The lowest BCUT2D eigenvalue weighted by Crippen LogP contribution is -1.99. The molecule has 0 fully saturated rings. The molecule has 0 aliphatic rings. The number of aryl methyl sites for hydroxylation is 1. The molecule has 1 aromatic heterocycles. The third-order valence-corrected chi connectivity index (χ3v) is 1.37. The van der Waals surface area contributed by atoms with Gasteiger partial charge in [0.2, 0.25) is 0 Å². The number of esters is 1. The number of carbonyl (C=O) groups is 1. The first-order valence-electron chi connectivity index (χ1n) is 4.19. The Hall–Kier alpha value is -1.89. The standard InChI is InChI=1S/C10H10N2O2/c1-3-14-10(13)5-4-9-6-11-8(2)12-7-9/h6-7H,3H2,1-2H3. The Labute approximate surface area is 82.3 Å². The Kier molecular flexibility index (Phi) is 3.62. The summed E-state index contributed by atoms with van der Waals surface area (Å²) in [6, 6.07) is 0. The highest BCUT2D eigenvalue weighted by molar-refractivity contribution is 5.89. The van der Waals surface area contributed by atoms with E-state index in [-0.39, 0.29) is 0 Å². The van der Waals surface area contributed by atoms with Crippen molar-refractivity contribution in [3.8, 4) is 11.8 Å². The van der Waals surface area contributed by atoms with Crippen molar-refractivity contribution in [3.05, 3.63) is 23.8 Å². The van der Waals surface area contributed by atoms with E-state index in [1.54, 1.807) is 26.2 Å². The maximum atomic E-state index is 10.8. The highest BCUT2D eigenvalue weighted by atomic mass is 16.5. The third kappa shape index (κ3) is 3.23. The van der Waals surface area contributed by atoms with E-state index in [1.165, 1.54) is 0 Å². The summed E-state index contributed by atoms with van der Waals surface area (Å²) in [5.41, 5.74) is 0.601. The van der Waals surface area contributed by atoms with Gasteiger partial charge in [-0.25, -0.2) is 14.8 Å². The second-order valence-corrected chi connectivity index (χ2v) is 2.49. The summed E-state index contributed by atoms with van der Waals surface area (Å²) in [5.74, 6) is 5.07. The minimum absolute atomic E-state index is 0.331. The summed E-state index contributed by atoms with van der Waals surface area (Å²) in [6.07, 6.45) is 3.13. The van der Waals surface area contributed by atoms with E-state index in [0.717, 1.165) is 0 Å². The molecular formula is C10H10N2O2. The van der Waals surface area contributed by atoms with Crippen LogP contribution in [0.2, 0.25) is 0 Å². The average Bonchev–Trinajstić information content (AvgIpc) is 2.17. The molecule has 0 aliphatic heterocycles. The van der Waals surface area contributed by atoms with Crippen LogP contribution in [0.15, 0.2) is 12.4 Å². The van der Waals surface area contributed by atoms with Crippen molar-refractivity contribution in [3.63, 3.8) is 0 Å². The second-order valence-electron chi connectivity index (χ2n) is 2.49. The average molecular weight is 190 g/mol. The lowest BCUT2D eigenvalue weighted by Gasteiger charge is -1.91. The SMILES string of the molecule is CCOC(=O)C#Cc1cnc(C)nc1. The van der Waals surface area contributed by atoms with Crippen LogP contribution in [-0.4, -0.2) is 22.5 Å². The molecule has 0 bridgehead atoms. The van der Waals surface area contributed by atoms with Gasteiger partial charge in [0.25, 0.3) is 0 Å². The number of nitrogens with zero attached hydrogens (tertiary/aromatic N) is 2. The van der Waals surface area contributed by atoms with Crippen LogP contribution < -0.4 is 0 Å². The predicted octanol–water partition coefficient (Wildman–Crippen LogP) is 0.700. The summed E-state index contributed by atoms with van der Waals surface area (Å²) in [7, 11) is 0. The minimum atomic E-state index is -0.534. The molecule has 0 spiro atoms. The molecule has 0 unspecified atom stereocenters. The third-order valence-electron chi connectivity index (χ3n) is 1.37. The second kappa shape index (κ2) is 4.97. The zero-order valence-corrected chi connectivity index (χ0v) is 8.07. The van der Waals surface area contributed by atoms with Gasteiger partial charge < -0.3 is 4.74 Å². The molecule has 0 atom stereocenters. The summed E-state index contributed by atoms with van der Waals surface area (Å²) in [5, 5.41) is 0. The van der Waals surface area contributed by atoms with Crippen molar-refractivity contribution in [1.82, 2.24) is 9.97 Å². The molecule has 0 saturated carbocycles. The smallest absolute Gasteiger partial charge is 0.384 e. The molecule has 0 aromatic carbocycles. The van der Waals surface area contributed by atoms with Crippen molar-refractivity contribution in [1.29, 1.82) is 0 Å². The number of hydrogen-bond acceptors (Lipinski definition) is 4. The minimum Gasteiger partial charge on any atom is -0.456 e. The first-order chi connectivity index (χ1) is 6.72. The Morgan fingerprint density at radius 3 is 2.71 bits per heavy atom. The van der Waals surface area contributed by atoms with E-state index in [4.69, 9.17) is 0 Å². The van der Waals surface area contributed by atoms with Gasteiger partial charge in [-0.15, -0.1) is 0 Å². The van der Waals surface area contributed by atoms with Crippen LogP contribution in [0.3, 0.4) is 0 Å². The fraction of sp³-hybridized carbons (Fsp3) is 0.300. The monoisotopic (exact) mass is 190 g/mol. The molecule has 0 amide bonds. The van der Waals surface area contributed by atoms with E-state index in [1.807, 2.05) is 0 Å². The fourth-order valence-electron chi connectivity index (χ4n) is 0.748. The van der Waals surface area contributed by atoms with Gasteiger partial charge in [0.05, 0.1) is 12.2 Å². The van der Waals surface area contributed by atoms with E-state index in [2.05, 4.69) is 26.5 Å². The molecule has 1 rings (SSSR count). The van der Waals surface area contributed by atoms with E-state index >= 15 is 0 Å². The van der Waals surface area contributed by atoms with Gasteiger partial charge in [0, 0.05) is 18.3 Å². The summed E-state index contributed by atoms with van der Waals surface area (Å²) in [4.78, 5) is 18.7. The number of rotatable bonds is 1. The number of aromatic nitrogens is 2.